The maximum absolute atomic E-state index is 12.4. The van der Waals surface area contributed by atoms with Crippen LogP contribution in [0.4, 0.5) is 13.2 Å². The Balaban J connectivity index is 1.60. The first-order valence-corrected chi connectivity index (χ1v) is 11.7. The predicted octanol–water partition coefficient (Wildman–Crippen LogP) is 2.93. The summed E-state index contributed by atoms with van der Waals surface area (Å²) >= 11 is 1.34. The van der Waals surface area contributed by atoms with Crippen LogP contribution in [0.25, 0.3) is 0 Å². The highest BCUT2D eigenvalue weighted by Gasteiger charge is 2.28. The number of thiophene rings is 1. The van der Waals surface area contributed by atoms with E-state index in [0.717, 1.165) is 66.8 Å². The summed E-state index contributed by atoms with van der Waals surface area (Å²) < 4.78 is 61.3. The quantitative estimate of drug-likeness (QED) is 0.441. The van der Waals surface area contributed by atoms with Crippen LogP contribution in [0.1, 0.15) is 49.7 Å². The van der Waals surface area contributed by atoms with Crippen LogP contribution in [0, 0.1) is 0 Å². The average molecular weight is 476 g/mol. The lowest BCUT2D eigenvalue weighted by atomic mass is 10.1. The number of sulfonamides is 1. The van der Waals surface area contributed by atoms with Crippen molar-refractivity contribution in [2.45, 2.75) is 43.2 Å². The minimum Gasteiger partial charge on any atom is -0.343 e. The fraction of sp³-hybridized carbons (Fsp3) is 0.368. The van der Waals surface area contributed by atoms with E-state index in [1.165, 1.54) is 11.3 Å². The van der Waals surface area contributed by atoms with Gasteiger partial charge in [-0.15, -0.1) is 16.2 Å². The highest BCUT2D eigenvalue weighted by Crippen LogP contribution is 2.28. The molecule has 0 aliphatic heterocycles. The normalized spacial score (nSPS) is 14.4. The van der Waals surface area contributed by atoms with Crippen LogP contribution in [0.5, 0.6) is 0 Å². The number of hydrogen-bond acceptors (Lipinski definition) is 5. The van der Waals surface area contributed by atoms with Crippen molar-refractivity contribution >= 4 is 33.2 Å². The fourth-order valence-electron chi connectivity index (χ4n) is 3.08. The number of carbonyl (C=O) groups excluding carboxylic acids is 2. The van der Waals surface area contributed by atoms with Crippen molar-refractivity contribution in [2.24, 2.45) is 0 Å². The summed E-state index contributed by atoms with van der Waals surface area (Å²) in [5.74, 6) is -1.57. The lowest BCUT2D eigenvalue weighted by Crippen LogP contribution is -2.41. The van der Waals surface area contributed by atoms with Gasteiger partial charge in [-0.2, -0.15) is 13.2 Å². The molecular weight excluding hydrogens is 455 g/mol. The van der Waals surface area contributed by atoms with E-state index in [0.29, 0.717) is 4.88 Å². The van der Waals surface area contributed by atoms with E-state index in [2.05, 4.69) is 5.43 Å². The van der Waals surface area contributed by atoms with Gasteiger partial charge in [0.05, 0.1) is 9.77 Å². The van der Waals surface area contributed by atoms with E-state index in [1.807, 2.05) is 4.83 Å². The molecule has 1 aromatic carbocycles. The molecule has 0 fully saturated rings. The second-order valence-electron chi connectivity index (χ2n) is 7.00. The van der Waals surface area contributed by atoms with Crippen LogP contribution >= 0.6 is 11.3 Å². The number of hydrogen-bond donors (Lipinski definition) is 3. The SMILES string of the molecule is O=C(NCC(F)(F)F)c1ccc(S(=O)(=O)NNC(=O)c2cc3c(s2)CCCCC3)cc1. The van der Waals surface area contributed by atoms with Gasteiger partial charge in [-0.3, -0.25) is 15.0 Å². The van der Waals surface area contributed by atoms with E-state index >= 15 is 0 Å². The van der Waals surface area contributed by atoms with E-state index < -0.39 is 34.6 Å². The second kappa shape index (κ2) is 9.37. The van der Waals surface area contributed by atoms with Crippen molar-refractivity contribution in [3.63, 3.8) is 0 Å². The second-order valence-corrected chi connectivity index (χ2v) is 9.82. The van der Waals surface area contributed by atoms with Gasteiger partial charge in [0.15, 0.2) is 0 Å². The smallest absolute Gasteiger partial charge is 0.343 e. The van der Waals surface area contributed by atoms with Crippen molar-refractivity contribution in [2.75, 3.05) is 6.54 Å². The molecule has 2 aromatic rings. The summed E-state index contributed by atoms with van der Waals surface area (Å²) in [6.45, 7) is -1.49. The van der Waals surface area contributed by atoms with Crippen molar-refractivity contribution in [1.82, 2.24) is 15.6 Å². The van der Waals surface area contributed by atoms with Crippen molar-refractivity contribution in [3.8, 4) is 0 Å². The van der Waals surface area contributed by atoms with Crippen LogP contribution in [0.3, 0.4) is 0 Å². The standard InChI is InChI=1S/C19H20F3N3O4S2/c20-19(21,22)11-23-17(26)12-6-8-14(9-7-12)31(28,29)25-24-18(27)16-10-13-4-2-1-3-5-15(13)30-16/h6-10,25H,1-5,11H2,(H,23,26)(H,24,27). The number of rotatable bonds is 6. The molecule has 0 saturated heterocycles. The Kier molecular flexibility index (Phi) is 7.02. The zero-order valence-corrected chi connectivity index (χ0v) is 17.8. The van der Waals surface area contributed by atoms with Gasteiger partial charge < -0.3 is 5.32 Å². The third-order valence-corrected chi connectivity index (χ3v) is 7.14. The molecule has 12 heteroatoms. The summed E-state index contributed by atoms with van der Waals surface area (Å²) in [5, 5.41) is 1.69. The monoisotopic (exact) mass is 475 g/mol. The van der Waals surface area contributed by atoms with Crippen LogP contribution in [0.15, 0.2) is 35.2 Å². The molecule has 3 N–H and O–H groups in total. The molecule has 2 amide bonds. The van der Waals surface area contributed by atoms with E-state index in [-0.39, 0.29) is 10.5 Å². The molecule has 1 aliphatic rings. The average Bonchev–Trinajstić information content (AvgIpc) is 3.00. The number of hydrazine groups is 1. The Morgan fingerprint density at radius 1 is 1.00 bits per heavy atom. The highest BCUT2D eigenvalue weighted by atomic mass is 32.2. The van der Waals surface area contributed by atoms with Gasteiger partial charge in [0, 0.05) is 10.4 Å². The number of fused-ring (bicyclic) bond motifs is 1. The van der Waals surface area contributed by atoms with Gasteiger partial charge in [-0.05, 0) is 61.6 Å². The molecule has 7 nitrogen and oxygen atoms in total. The highest BCUT2D eigenvalue weighted by molar-refractivity contribution is 7.89. The van der Waals surface area contributed by atoms with Gasteiger partial charge in [0.25, 0.3) is 21.8 Å². The van der Waals surface area contributed by atoms with E-state index in [9.17, 15) is 31.2 Å². The summed E-state index contributed by atoms with van der Waals surface area (Å²) in [5.41, 5.74) is 3.15. The van der Waals surface area contributed by atoms with Crippen molar-refractivity contribution < 1.29 is 31.2 Å². The van der Waals surface area contributed by atoms with Gasteiger partial charge in [-0.1, -0.05) is 6.42 Å². The first-order chi connectivity index (χ1) is 14.5. The Morgan fingerprint density at radius 3 is 2.35 bits per heavy atom. The topological polar surface area (TPSA) is 104 Å². The van der Waals surface area contributed by atoms with Crippen LogP contribution in [-0.4, -0.2) is 33.0 Å². The van der Waals surface area contributed by atoms with Crippen molar-refractivity contribution in [3.05, 3.63) is 51.2 Å². The third kappa shape index (κ3) is 6.28. The number of amides is 2. The summed E-state index contributed by atoms with van der Waals surface area (Å²) in [6, 6.07) is 6.06. The van der Waals surface area contributed by atoms with Gasteiger partial charge >= 0.3 is 6.18 Å². The Morgan fingerprint density at radius 2 is 1.68 bits per heavy atom. The molecule has 0 atom stereocenters. The fourth-order valence-corrected chi connectivity index (χ4v) is 5.07. The molecule has 0 unspecified atom stereocenters. The molecule has 0 spiro atoms. The van der Waals surface area contributed by atoms with Crippen LogP contribution in [0.2, 0.25) is 0 Å². The molecule has 0 radical (unpaired) electrons. The molecule has 0 bridgehead atoms. The third-order valence-electron chi connectivity index (χ3n) is 4.65. The number of benzene rings is 1. The largest absolute Gasteiger partial charge is 0.405 e. The molecule has 168 valence electrons. The van der Waals surface area contributed by atoms with Crippen LogP contribution in [-0.2, 0) is 22.9 Å². The van der Waals surface area contributed by atoms with Gasteiger partial charge in [0.2, 0.25) is 0 Å². The summed E-state index contributed by atoms with van der Waals surface area (Å²) in [6.07, 6.45) is 0.510. The minimum atomic E-state index is -4.55. The first kappa shape index (κ1) is 23.2. The molecule has 3 rings (SSSR count). The van der Waals surface area contributed by atoms with E-state index in [1.54, 1.807) is 11.4 Å². The summed E-state index contributed by atoms with van der Waals surface area (Å²) in [7, 11) is -4.14. The lowest BCUT2D eigenvalue weighted by Gasteiger charge is -2.10. The maximum atomic E-state index is 12.4. The zero-order valence-electron chi connectivity index (χ0n) is 16.2. The molecule has 1 heterocycles. The summed E-state index contributed by atoms with van der Waals surface area (Å²) in [4.78, 5) is 27.3. The number of halogens is 3. The van der Waals surface area contributed by atoms with Crippen LogP contribution < -0.4 is 15.6 Å². The Labute approximate surface area is 181 Å². The molecule has 31 heavy (non-hydrogen) atoms. The van der Waals surface area contributed by atoms with Gasteiger partial charge in [0.1, 0.15) is 6.54 Å². The van der Waals surface area contributed by atoms with Crippen molar-refractivity contribution in [1.29, 1.82) is 0 Å². The predicted molar refractivity (Wildman–Crippen MR) is 108 cm³/mol. The molecule has 1 aliphatic carbocycles. The number of alkyl halides is 3. The van der Waals surface area contributed by atoms with Gasteiger partial charge in [-0.25, -0.2) is 8.42 Å². The maximum Gasteiger partial charge on any atom is 0.405 e. The minimum absolute atomic E-state index is 0.132. The van der Waals surface area contributed by atoms with E-state index in [4.69, 9.17) is 0 Å². The molecular formula is C19H20F3N3O4S2. The molecule has 0 saturated carbocycles. The first-order valence-electron chi connectivity index (χ1n) is 9.44. The number of carbonyl (C=O) groups is 2. The Hall–Kier alpha value is -2.44. The lowest BCUT2D eigenvalue weighted by molar-refractivity contribution is -0.123. The molecule has 1 aromatic heterocycles. The zero-order chi connectivity index (χ0) is 22.6. The number of nitrogens with one attached hydrogen (secondary N) is 3. The number of aryl methyl sites for hydroxylation is 2. The Bertz CT molecular complexity index is 1040.